The molecular formula is C37H45F. The normalized spacial score (nSPS) is 17.6. The minimum atomic E-state index is -0.0995. The highest BCUT2D eigenvalue weighted by molar-refractivity contribution is 5.85. The maximum Gasteiger partial charge on any atom is 0.134 e. The van der Waals surface area contributed by atoms with Crippen LogP contribution in [-0.2, 0) is 12.8 Å². The van der Waals surface area contributed by atoms with Gasteiger partial charge in [-0.2, -0.15) is 0 Å². The van der Waals surface area contributed by atoms with Gasteiger partial charge in [0.05, 0.1) is 0 Å². The number of hydrogen-bond donors (Lipinski definition) is 0. The summed E-state index contributed by atoms with van der Waals surface area (Å²) in [7, 11) is 0. The molecule has 0 aliphatic heterocycles. The van der Waals surface area contributed by atoms with Crippen LogP contribution in [0.5, 0.6) is 0 Å². The van der Waals surface area contributed by atoms with Crippen molar-refractivity contribution in [1.82, 2.24) is 0 Å². The number of halogens is 1. The molecule has 3 aromatic carbocycles. The number of aryl methyl sites for hydroxylation is 2. The molecule has 3 aromatic rings. The van der Waals surface area contributed by atoms with Crippen LogP contribution in [0, 0.1) is 29.5 Å². The van der Waals surface area contributed by atoms with Gasteiger partial charge in [0.2, 0.25) is 0 Å². The summed E-state index contributed by atoms with van der Waals surface area (Å²) in [5.74, 6) is 8.37. The van der Waals surface area contributed by atoms with E-state index in [1.807, 2.05) is 43.3 Å². The van der Waals surface area contributed by atoms with Gasteiger partial charge in [0.25, 0.3) is 0 Å². The molecule has 0 atom stereocenters. The van der Waals surface area contributed by atoms with Crippen LogP contribution in [0.4, 0.5) is 4.39 Å². The van der Waals surface area contributed by atoms with E-state index in [9.17, 15) is 4.39 Å². The van der Waals surface area contributed by atoms with Crippen molar-refractivity contribution in [3.05, 3.63) is 94.8 Å². The Hall–Kier alpha value is -2.85. The second kappa shape index (κ2) is 14.9. The van der Waals surface area contributed by atoms with Crippen molar-refractivity contribution >= 4 is 10.8 Å². The molecule has 1 saturated carbocycles. The topological polar surface area (TPSA) is 0 Å². The van der Waals surface area contributed by atoms with Gasteiger partial charge in [-0.05, 0) is 85.2 Å². The molecule has 0 radical (unpaired) electrons. The first-order valence-electron chi connectivity index (χ1n) is 15.1. The van der Waals surface area contributed by atoms with Gasteiger partial charge in [0.15, 0.2) is 0 Å². The molecule has 0 nitrogen and oxygen atoms in total. The van der Waals surface area contributed by atoms with E-state index in [1.165, 1.54) is 76.2 Å². The lowest BCUT2D eigenvalue weighted by Crippen LogP contribution is -2.15. The Labute approximate surface area is 230 Å². The van der Waals surface area contributed by atoms with E-state index < -0.39 is 0 Å². The zero-order chi connectivity index (χ0) is 26.6. The Morgan fingerprint density at radius 1 is 0.789 bits per heavy atom. The van der Waals surface area contributed by atoms with Crippen molar-refractivity contribution in [3.63, 3.8) is 0 Å². The number of hydrogen-bond acceptors (Lipinski definition) is 0. The minimum Gasteiger partial charge on any atom is -0.206 e. The number of benzene rings is 3. The van der Waals surface area contributed by atoms with Crippen molar-refractivity contribution in [2.45, 2.75) is 97.3 Å². The highest BCUT2D eigenvalue weighted by Crippen LogP contribution is 2.34. The maximum absolute atomic E-state index is 14.9. The molecule has 0 amide bonds. The monoisotopic (exact) mass is 508 g/mol. The molecule has 0 N–H and O–H groups in total. The Kier molecular flexibility index (Phi) is 11.1. The van der Waals surface area contributed by atoms with E-state index >= 15 is 0 Å². The molecule has 0 saturated heterocycles. The van der Waals surface area contributed by atoms with Crippen LogP contribution >= 0.6 is 0 Å². The molecule has 1 aliphatic carbocycles. The molecule has 0 bridgehead atoms. The maximum atomic E-state index is 14.9. The summed E-state index contributed by atoms with van der Waals surface area (Å²) in [6.07, 6.45) is 21.0. The Balaban J connectivity index is 1.26. The number of unbranched alkanes of at least 4 members (excludes halogenated alkanes) is 3. The summed E-state index contributed by atoms with van der Waals surface area (Å²) in [4.78, 5) is 0. The van der Waals surface area contributed by atoms with Crippen LogP contribution in [0.25, 0.3) is 10.8 Å². The van der Waals surface area contributed by atoms with Gasteiger partial charge in [-0.15, -0.1) is 0 Å². The third-order valence-electron chi connectivity index (χ3n) is 8.43. The van der Waals surface area contributed by atoms with Crippen molar-refractivity contribution in [1.29, 1.82) is 0 Å². The minimum absolute atomic E-state index is 0.0995. The molecule has 1 aliphatic rings. The quantitative estimate of drug-likeness (QED) is 0.137. The molecule has 4 rings (SSSR count). The van der Waals surface area contributed by atoms with Crippen molar-refractivity contribution in [2.75, 3.05) is 0 Å². The van der Waals surface area contributed by atoms with E-state index in [0.717, 1.165) is 46.8 Å². The third-order valence-corrected chi connectivity index (χ3v) is 8.43. The lowest BCUT2D eigenvalue weighted by molar-refractivity contribution is 0.249. The van der Waals surface area contributed by atoms with Gasteiger partial charge >= 0.3 is 0 Å². The van der Waals surface area contributed by atoms with E-state index in [0.29, 0.717) is 5.39 Å². The first-order valence-corrected chi connectivity index (χ1v) is 15.1. The second-order valence-electron chi connectivity index (χ2n) is 11.3. The second-order valence-corrected chi connectivity index (χ2v) is 11.3. The van der Waals surface area contributed by atoms with Gasteiger partial charge < -0.3 is 0 Å². The predicted molar refractivity (Wildman–Crippen MR) is 162 cm³/mol. The smallest absolute Gasteiger partial charge is 0.134 e. The van der Waals surface area contributed by atoms with Crippen LogP contribution < -0.4 is 0 Å². The summed E-state index contributed by atoms with van der Waals surface area (Å²) < 4.78 is 14.9. The molecule has 0 aromatic heterocycles. The Bertz CT molecular complexity index is 1230. The molecular weight excluding hydrogens is 463 g/mol. The first kappa shape index (κ1) is 28.2. The summed E-state index contributed by atoms with van der Waals surface area (Å²) in [6.45, 7) is 4.29. The zero-order valence-electron chi connectivity index (χ0n) is 23.6. The third kappa shape index (κ3) is 8.33. The number of allylic oxidation sites excluding steroid dienone is 2. The standard InChI is InChI=1S/C37H45F/c1-3-5-7-9-10-29-12-14-30(15-13-29)16-17-31-18-20-32(21-19-31)22-23-33-24-27-36-35(28-33)26-25-34(37(36)38)11-8-6-4-2/h4,6,18-21,24-30H,3,5,7-17H2,1-2H3/b6-4+. The fraction of sp³-hybridized carbons (Fsp3) is 0.459. The van der Waals surface area contributed by atoms with Crippen LogP contribution in [0.15, 0.2) is 66.7 Å². The summed E-state index contributed by atoms with van der Waals surface area (Å²) in [5.41, 5.74) is 4.15. The first-order chi connectivity index (χ1) is 18.7. The lowest BCUT2D eigenvalue weighted by Gasteiger charge is -2.28. The number of fused-ring (bicyclic) bond motifs is 1. The van der Waals surface area contributed by atoms with E-state index in [-0.39, 0.29) is 5.82 Å². The van der Waals surface area contributed by atoms with Crippen LogP contribution in [0.2, 0.25) is 0 Å². The van der Waals surface area contributed by atoms with Crippen LogP contribution in [0.3, 0.4) is 0 Å². The summed E-state index contributed by atoms with van der Waals surface area (Å²) >= 11 is 0. The SMILES string of the molecule is C/C=C/CCc1ccc2cc(C#Cc3ccc(CCC4CCC(CCCCCC)CC4)cc3)ccc2c1F. The lowest BCUT2D eigenvalue weighted by atomic mass is 9.77. The molecule has 0 heterocycles. The predicted octanol–water partition coefficient (Wildman–Crippen LogP) is 10.6. The fourth-order valence-electron chi connectivity index (χ4n) is 5.95. The zero-order valence-corrected chi connectivity index (χ0v) is 23.6. The molecule has 1 fully saturated rings. The Morgan fingerprint density at radius 2 is 1.50 bits per heavy atom. The molecule has 1 heteroatoms. The van der Waals surface area contributed by atoms with E-state index in [4.69, 9.17) is 0 Å². The average molecular weight is 509 g/mol. The van der Waals surface area contributed by atoms with Gasteiger partial charge in [-0.3, -0.25) is 0 Å². The Morgan fingerprint density at radius 3 is 2.24 bits per heavy atom. The van der Waals surface area contributed by atoms with E-state index in [1.54, 1.807) is 0 Å². The number of rotatable bonds is 11. The highest BCUT2D eigenvalue weighted by atomic mass is 19.1. The van der Waals surface area contributed by atoms with Gasteiger partial charge in [-0.1, -0.05) is 119 Å². The molecule has 0 spiro atoms. The van der Waals surface area contributed by atoms with Crippen molar-refractivity contribution < 1.29 is 4.39 Å². The highest BCUT2D eigenvalue weighted by Gasteiger charge is 2.20. The summed E-state index contributed by atoms with van der Waals surface area (Å²) in [6, 6.07) is 18.5. The van der Waals surface area contributed by atoms with E-state index in [2.05, 4.69) is 49.1 Å². The van der Waals surface area contributed by atoms with Crippen molar-refractivity contribution in [2.24, 2.45) is 11.8 Å². The van der Waals surface area contributed by atoms with Crippen LogP contribution in [-0.4, -0.2) is 0 Å². The molecule has 200 valence electrons. The van der Waals surface area contributed by atoms with Gasteiger partial charge in [-0.25, -0.2) is 4.39 Å². The van der Waals surface area contributed by atoms with Crippen molar-refractivity contribution in [3.8, 4) is 11.8 Å². The van der Waals surface area contributed by atoms with Gasteiger partial charge in [0.1, 0.15) is 5.82 Å². The molecule has 0 unspecified atom stereocenters. The van der Waals surface area contributed by atoms with Crippen LogP contribution in [0.1, 0.15) is 107 Å². The largest absolute Gasteiger partial charge is 0.206 e. The summed E-state index contributed by atoms with van der Waals surface area (Å²) in [5, 5.41) is 1.59. The molecule has 38 heavy (non-hydrogen) atoms. The fourth-order valence-corrected chi connectivity index (χ4v) is 5.95. The van der Waals surface area contributed by atoms with Gasteiger partial charge in [0, 0.05) is 16.5 Å². The average Bonchev–Trinajstić information content (AvgIpc) is 2.95.